The van der Waals surface area contributed by atoms with Crippen LogP contribution in [0.25, 0.3) is 48.9 Å². The van der Waals surface area contributed by atoms with Gasteiger partial charge in [-0.3, -0.25) is 0 Å². The molecule has 0 fully saturated rings. The van der Waals surface area contributed by atoms with E-state index in [1.54, 1.807) is 0 Å². The number of aliphatic imine (C=N–C) groups is 2. The molecule has 0 saturated carbocycles. The van der Waals surface area contributed by atoms with Crippen molar-refractivity contribution in [3.8, 4) is 0 Å². The van der Waals surface area contributed by atoms with Crippen LogP contribution in [0.15, 0.2) is 166 Å². The van der Waals surface area contributed by atoms with Crippen molar-refractivity contribution in [3.05, 3.63) is 179 Å². The molecule has 1 atom stereocenters. The van der Waals surface area contributed by atoms with Crippen molar-refractivity contribution in [1.29, 1.82) is 0 Å². The first-order valence-corrected chi connectivity index (χ1v) is 16.7. The molecule has 2 aliphatic heterocycles. The van der Waals surface area contributed by atoms with Crippen LogP contribution in [0.2, 0.25) is 0 Å². The summed E-state index contributed by atoms with van der Waals surface area (Å²) < 4.78 is 6.24. The third kappa shape index (κ3) is 4.62. The van der Waals surface area contributed by atoms with Gasteiger partial charge in [-0.1, -0.05) is 133 Å². The number of rotatable bonds is 4. The second-order valence-electron chi connectivity index (χ2n) is 12.6. The average molecular weight is 631 g/mol. The van der Waals surface area contributed by atoms with E-state index in [-0.39, 0.29) is 6.17 Å². The van der Waals surface area contributed by atoms with Crippen molar-refractivity contribution in [3.63, 3.8) is 0 Å². The van der Waals surface area contributed by atoms with Crippen LogP contribution in [0, 0.1) is 0 Å². The van der Waals surface area contributed by atoms with Crippen LogP contribution in [0.4, 0.5) is 5.88 Å². The molecule has 7 aromatic carbocycles. The van der Waals surface area contributed by atoms with Crippen LogP contribution < -0.4 is 10.6 Å². The Hall–Kier alpha value is -6.46. The lowest BCUT2D eigenvalue weighted by atomic mass is 9.89. The number of furan rings is 1. The molecular formula is C44H30N4O. The standard InChI is InChI=1S/C44H30N4O/c1-3-11-29-25-31(19-17-27(29)9-1)41-46-42(32-20-18-28-10-2-4-12-30(28)26-32)48-43(47-41)37-22-21-35(33-13-5-6-14-34(33)37)36-23-24-45-44-40(36)38-15-7-8-16-39(38)49-44/h1-23,25-26,41,45H,24H2,(H,46,47,48). The number of benzene rings is 7. The smallest absolute Gasteiger partial charge is 0.202 e. The first-order chi connectivity index (χ1) is 24.3. The van der Waals surface area contributed by atoms with E-state index in [0.29, 0.717) is 12.4 Å². The fourth-order valence-corrected chi connectivity index (χ4v) is 7.36. The summed E-state index contributed by atoms with van der Waals surface area (Å²) >= 11 is 0. The molecule has 1 aromatic heterocycles. The highest BCUT2D eigenvalue weighted by Gasteiger charge is 2.26. The largest absolute Gasteiger partial charge is 0.440 e. The van der Waals surface area contributed by atoms with Gasteiger partial charge in [0.2, 0.25) is 5.88 Å². The molecular weight excluding hydrogens is 601 g/mol. The zero-order chi connectivity index (χ0) is 32.3. The van der Waals surface area contributed by atoms with E-state index in [1.165, 1.54) is 27.3 Å². The van der Waals surface area contributed by atoms with Crippen LogP contribution >= 0.6 is 0 Å². The Balaban J connectivity index is 1.13. The lowest BCUT2D eigenvalue weighted by Gasteiger charge is -2.25. The number of amidine groups is 2. The highest BCUT2D eigenvalue weighted by molar-refractivity contribution is 6.19. The minimum Gasteiger partial charge on any atom is -0.440 e. The SMILES string of the molecule is C1=C(c2ccc(C3=NC(c4ccc5ccccc5c4)=NC(c4ccc5ccccc5c4)N3)c3ccccc23)c2c(oc3ccccc23)NC1. The molecule has 0 spiro atoms. The Morgan fingerprint density at radius 1 is 0.592 bits per heavy atom. The van der Waals surface area contributed by atoms with E-state index >= 15 is 0 Å². The molecule has 0 aliphatic carbocycles. The minimum absolute atomic E-state index is 0.316. The Bertz CT molecular complexity index is 2710. The van der Waals surface area contributed by atoms with Gasteiger partial charge in [0.15, 0.2) is 5.84 Å². The zero-order valence-corrected chi connectivity index (χ0v) is 26.5. The summed E-state index contributed by atoms with van der Waals surface area (Å²) in [6.07, 6.45) is 1.95. The molecule has 5 nitrogen and oxygen atoms in total. The fraction of sp³-hybridized carbons (Fsp3) is 0.0455. The monoisotopic (exact) mass is 630 g/mol. The molecule has 0 radical (unpaired) electrons. The molecule has 2 N–H and O–H groups in total. The number of anilines is 1. The van der Waals surface area contributed by atoms with Crippen molar-refractivity contribution >= 4 is 66.4 Å². The lowest BCUT2D eigenvalue weighted by Crippen LogP contribution is -2.33. The topological polar surface area (TPSA) is 61.9 Å². The predicted molar refractivity (Wildman–Crippen MR) is 203 cm³/mol. The van der Waals surface area contributed by atoms with Crippen LogP contribution in [0.5, 0.6) is 0 Å². The molecule has 2 aliphatic rings. The van der Waals surface area contributed by atoms with Crippen molar-refractivity contribution in [2.24, 2.45) is 9.98 Å². The van der Waals surface area contributed by atoms with E-state index in [9.17, 15) is 0 Å². The second kappa shape index (κ2) is 11.1. The van der Waals surface area contributed by atoms with Gasteiger partial charge in [-0.2, -0.15) is 0 Å². The molecule has 5 heteroatoms. The van der Waals surface area contributed by atoms with Crippen LogP contribution in [-0.2, 0) is 0 Å². The number of nitrogens with zero attached hydrogens (tertiary/aromatic N) is 2. The minimum atomic E-state index is -0.316. The second-order valence-corrected chi connectivity index (χ2v) is 12.6. The van der Waals surface area contributed by atoms with E-state index < -0.39 is 0 Å². The van der Waals surface area contributed by atoms with Crippen LogP contribution in [0.1, 0.15) is 34.0 Å². The first-order valence-electron chi connectivity index (χ1n) is 16.7. The van der Waals surface area contributed by atoms with Gasteiger partial charge in [0.1, 0.15) is 17.6 Å². The van der Waals surface area contributed by atoms with E-state index in [2.05, 4.69) is 150 Å². The van der Waals surface area contributed by atoms with Crippen LogP contribution in [-0.4, -0.2) is 18.2 Å². The Morgan fingerprint density at radius 3 is 2.06 bits per heavy atom. The molecule has 10 rings (SSSR count). The number of fused-ring (bicyclic) bond motifs is 6. The van der Waals surface area contributed by atoms with E-state index in [1.807, 2.05) is 12.1 Å². The summed E-state index contributed by atoms with van der Waals surface area (Å²) in [6, 6.07) is 51.2. The molecule has 49 heavy (non-hydrogen) atoms. The summed E-state index contributed by atoms with van der Waals surface area (Å²) in [5, 5.41) is 15.3. The molecule has 0 amide bonds. The molecule has 3 heterocycles. The number of hydrogen-bond donors (Lipinski definition) is 2. The average Bonchev–Trinajstić information content (AvgIpc) is 3.56. The molecule has 232 valence electrons. The van der Waals surface area contributed by atoms with Gasteiger partial charge in [0.25, 0.3) is 0 Å². The first kappa shape index (κ1) is 27.6. The quantitative estimate of drug-likeness (QED) is 0.203. The van der Waals surface area contributed by atoms with Crippen molar-refractivity contribution < 1.29 is 4.42 Å². The highest BCUT2D eigenvalue weighted by atomic mass is 16.3. The van der Waals surface area contributed by atoms with E-state index in [0.717, 1.165) is 61.1 Å². The summed E-state index contributed by atoms with van der Waals surface area (Å²) in [5.41, 5.74) is 7.44. The summed E-state index contributed by atoms with van der Waals surface area (Å²) in [6.45, 7) is 0.700. The van der Waals surface area contributed by atoms with Gasteiger partial charge in [-0.25, -0.2) is 9.98 Å². The maximum atomic E-state index is 6.24. The summed E-state index contributed by atoms with van der Waals surface area (Å²) in [5.74, 6) is 2.33. The zero-order valence-electron chi connectivity index (χ0n) is 26.5. The Morgan fingerprint density at radius 2 is 1.24 bits per heavy atom. The van der Waals surface area contributed by atoms with E-state index in [4.69, 9.17) is 14.4 Å². The van der Waals surface area contributed by atoms with Crippen molar-refractivity contribution in [2.75, 3.05) is 11.9 Å². The van der Waals surface area contributed by atoms with Gasteiger partial charge >= 0.3 is 0 Å². The van der Waals surface area contributed by atoms with Gasteiger partial charge in [0, 0.05) is 23.1 Å². The summed E-state index contributed by atoms with van der Waals surface area (Å²) in [7, 11) is 0. The Kier molecular flexibility index (Phi) is 6.24. The highest BCUT2D eigenvalue weighted by Crippen LogP contribution is 2.42. The number of hydrogen-bond acceptors (Lipinski definition) is 5. The van der Waals surface area contributed by atoms with Gasteiger partial charge in [-0.15, -0.1) is 0 Å². The van der Waals surface area contributed by atoms with Crippen LogP contribution in [0.3, 0.4) is 0 Å². The fourth-order valence-electron chi connectivity index (χ4n) is 7.36. The summed E-state index contributed by atoms with van der Waals surface area (Å²) in [4.78, 5) is 10.5. The van der Waals surface area contributed by atoms with Gasteiger partial charge in [0.05, 0.1) is 5.56 Å². The van der Waals surface area contributed by atoms with Gasteiger partial charge < -0.3 is 15.1 Å². The predicted octanol–water partition coefficient (Wildman–Crippen LogP) is 10.2. The van der Waals surface area contributed by atoms with Crippen molar-refractivity contribution in [2.45, 2.75) is 6.17 Å². The molecule has 0 bridgehead atoms. The molecule has 1 unspecified atom stereocenters. The maximum Gasteiger partial charge on any atom is 0.202 e. The Labute approximate surface area is 283 Å². The number of nitrogens with one attached hydrogen (secondary N) is 2. The third-order valence-corrected chi connectivity index (χ3v) is 9.74. The number of para-hydroxylation sites is 1. The molecule has 8 aromatic rings. The lowest BCUT2D eigenvalue weighted by molar-refractivity contribution is 0.627. The third-order valence-electron chi connectivity index (χ3n) is 9.74. The van der Waals surface area contributed by atoms with Gasteiger partial charge in [-0.05, 0) is 67.2 Å². The maximum absolute atomic E-state index is 6.24. The molecule has 0 saturated heterocycles. The van der Waals surface area contributed by atoms with Crippen molar-refractivity contribution in [1.82, 2.24) is 5.32 Å². The normalized spacial score (nSPS) is 15.8.